The number of carbonyl (C=O) groups is 4. The van der Waals surface area contributed by atoms with E-state index in [2.05, 4.69) is 41.8 Å². The Morgan fingerprint density at radius 1 is 0.829 bits per heavy atom. The number of benzene rings is 2. The summed E-state index contributed by atoms with van der Waals surface area (Å²) in [7, 11) is 1.80. The number of carbonyl (C=O) groups excluding carboxylic acids is 4. The van der Waals surface area contributed by atoms with Gasteiger partial charge in [-0.05, 0) is 95.0 Å². The Hall–Kier alpha value is -7.22. The van der Waals surface area contributed by atoms with Crippen molar-refractivity contribution in [2.24, 2.45) is 10.8 Å². The van der Waals surface area contributed by atoms with Crippen molar-refractivity contribution in [3.63, 3.8) is 0 Å². The molecule has 2 aromatic carbocycles. The minimum absolute atomic E-state index is 0.156. The number of piperazine rings is 1. The minimum atomic E-state index is -5.23. The Balaban J connectivity index is 1.18. The summed E-state index contributed by atoms with van der Waals surface area (Å²) in [6, 6.07) is 9.38. The van der Waals surface area contributed by atoms with E-state index in [0.29, 0.717) is 62.0 Å². The van der Waals surface area contributed by atoms with Crippen LogP contribution in [0, 0.1) is 34.3 Å². The van der Waals surface area contributed by atoms with Gasteiger partial charge in [0.05, 0.1) is 49.6 Å². The lowest BCUT2D eigenvalue weighted by Crippen LogP contribution is -2.62. The number of aromatic nitrogens is 3. The number of ether oxygens (including phenoxy) is 3. The number of anilines is 1. The average Bonchev–Trinajstić information content (AvgIpc) is 4.17. The Kier molecular flexibility index (Phi) is 19.4. The summed E-state index contributed by atoms with van der Waals surface area (Å²) in [5.41, 5.74) is -4.18. The van der Waals surface area contributed by atoms with E-state index in [1.165, 1.54) is 18.2 Å². The SMILES string of the molecule is CNC(=O)O[C@H](C(=O)N[C@@H](Cc1ccc(C#Cc2ccc(N3C[C@@H]4CC[C@@H](C3)N4C3COC3)nc2)cc1)[C@@H](O)CN(Cc1c(F)cc(-c2ccn(CC(F)F)n2)cc1F)NC(=O)[C@@H](NC(=O)OC)C(C)(C)C(F)(F)F)C(C)(C)C(F)(F)F. The number of alkyl carbamates (subject to hydrolysis) is 2. The molecular formula is C54H62F10N10O8. The molecule has 4 aromatic rings. The van der Waals surface area contributed by atoms with Gasteiger partial charge in [-0.1, -0.05) is 24.0 Å². The summed E-state index contributed by atoms with van der Waals surface area (Å²) < 4.78 is 161. The fourth-order valence-corrected chi connectivity index (χ4v) is 9.76. The van der Waals surface area contributed by atoms with E-state index in [-0.39, 0.29) is 16.8 Å². The molecule has 446 valence electrons. The number of nitrogens with zero attached hydrogens (tertiary/aromatic N) is 6. The summed E-state index contributed by atoms with van der Waals surface area (Å²) >= 11 is 0. The third-order valence-electron chi connectivity index (χ3n) is 14.8. The zero-order chi connectivity index (χ0) is 60.1. The smallest absolute Gasteiger partial charge is 0.407 e. The lowest BCUT2D eigenvalue weighted by atomic mass is 9.83. The minimum Gasteiger partial charge on any atom is -0.453 e. The Bertz CT molecular complexity index is 2930. The number of pyridine rings is 1. The summed E-state index contributed by atoms with van der Waals surface area (Å²) in [6.45, 7) is 2.28. The lowest BCUT2D eigenvalue weighted by Gasteiger charge is -2.47. The number of aliphatic hydroxyl groups is 1. The van der Waals surface area contributed by atoms with Gasteiger partial charge < -0.3 is 40.2 Å². The summed E-state index contributed by atoms with van der Waals surface area (Å²) in [5, 5.41) is 22.5. The third kappa shape index (κ3) is 14.7. The molecule has 3 aliphatic heterocycles. The van der Waals surface area contributed by atoms with E-state index < -0.39 is 121 Å². The molecule has 2 aromatic heterocycles. The van der Waals surface area contributed by atoms with Gasteiger partial charge in [0.2, 0.25) is 0 Å². The zero-order valence-corrected chi connectivity index (χ0v) is 45.3. The number of methoxy groups -OCH3 is 1. The van der Waals surface area contributed by atoms with Crippen LogP contribution < -0.4 is 26.3 Å². The lowest BCUT2D eigenvalue weighted by molar-refractivity contribution is -0.239. The molecule has 82 heavy (non-hydrogen) atoms. The molecule has 5 N–H and O–H groups in total. The van der Waals surface area contributed by atoms with Crippen LogP contribution in [-0.4, -0.2) is 162 Å². The summed E-state index contributed by atoms with van der Waals surface area (Å²) in [6.07, 6.45) is -16.5. The quantitative estimate of drug-likeness (QED) is 0.0366. The summed E-state index contributed by atoms with van der Waals surface area (Å²) in [4.78, 5) is 62.4. The first-order valence-corrected chi connectivity index (χ1v) is 25.9. The highest BCUT2D eigenvalue weighted by molar-refractivity contribution is 5.86. The molecule has 0 radical (unpaired) electrons. The number of halogens is 10. The fourth-order valence-electron chi connectivity index (χ4n) is 9.76. The number of hydrogen-bond donors (Lipinski definition) is 5. The van der Waals surface area contributed by atoms with Gasteiger partial charge >= 0.3 is 24.5 Å². The van der Waals surface area contributed by atoms with Crippen molar-refractivity contribution in [3.05, 3.63) is 101 Å². The number of hydrogen-bond acceptors (Lipinski definition) is 13. The highest BCUT2D eigenvalue weighted by Crippen LogP contribution is 2.43. The van der Waals surface area contributed by atoms with E-state index in [4.69, 9.17) is 9.47 Å². The summed E-state index contributed by atoms with van der Waals surface area (Å²) in [5.74, 6) is 0.817. The van der Waals surface area contributed by atoms with Crippen molar-refractivity contribution < 1.29 is 82.4 Å². The monoisotopic (exact) mass is 1170 g/mol. The Morgan fingerprint density at radius 3 is 1.98 bits per heavy atom. The van der Waals surface area contributed by atoms with Crippen molar-refractivity contribution in [2.75, 3.05) is 51.9 Å². The molecular weight excluding hydrogens is 1110 g/mol. The molecule has 0 aliphatic carbocycles. The van der Waals surface area contributed by atoms with Gasteiger partial charge in [0.25, 0.3) is 18.2 Å². The van der Waals surface area contributed by atoms with Gasteiger partial charge in [0, 0.05) is 80.0 Å². The van der Waals surface area contributed by atoms with Crippen LogP contribution in [0.4, 0.5) is 59.3 Å². The topological polar surface area (TPSA) is 205 Å². The molecule has 3 fully saturated rings. The maximum absolute atomic E-state index is 16.1. The number of aliphatic hydroxyl groups excluding tert-OH is 1. The zero-order valence-electron chi connectivity index (χ0n) is 45.3. The maximum atomic E-state index is 16.1. The maximum Gasteiger partial charge on any atom is 0.407 e. The molecule has 7 rings (SSSR count). The van der Waals surface area contributed by atoms with Crippen LogP contribution in [0.5, 0.6) is 0 Å². The van der Waals surface area contributed by atoms with E-state index >= 15 is 8.78 Å². The predicted molar refractivity (Wildman–Crippen MR) is 274 cm³/mol. The van der Waals surface area contributed by atoms with Crippen LogP contribution in [0.15, 0.2) is 67.0 Å². The first-order valence-electron chi connectivity index (χ1n) is 25.9. The number of amides is 4. The molecule has 0 spiro atoms. The van der Waals surface area contributed by atoms with Crippen LogP contribution in [0.3, 0.4) is 0 Å². The van der Waals surface area contributed by atoms with E-state index in [1.54, 1.807) is 23.6 Å². The molecule has 4 amide bonds. The average molecular weight is 1170 g/mol. The second-order valence-corrected chi connectivity index (χ2v) is 21.3. The van der Waals surface area contributed by atoms with Gasteiger partial charge in [-0.15, -0.1) is 0 Å². The second kappa shape index (κ2) is 25.5. The molecule has 28 heteroatoms. The van der Waals surface area contributed by atoms with E-state index in [0.717, 1.165) is 82.1 Å². The van der Waals surface area contributed by atoms with E-state index in [1.807, 2.05) is 22.9 Å². The number of hydrazine groups is 1. The predicted octanol–water partition coefficient (Wildman–Crippen LogP) is 6.49. The molecule has 18 nitrogen and oxygen atoms in total. The molecule has 6 atom stereocenters. The van der Waals surface area contributed by atoms with Crippen molar-refractivity contribution in [1.29, 1.82) is 0 Å². The molecule has 0 saturated carbocycles. The van der Waals surface area contributed by atoms with Gasteiger partial charge in [0.1, 0.15) is 35.5 Å². The van der Waals surface area contributed by atoms with Crippen LogP contribution in [0.1, 0.15) is 62.8 Å². The van der Waals surface area contributed by atoms with Crippen molar-refractivity contribution in [1.82, 2.24) is 46.0 Å². The number of fused-ring (bicyclic) bond motifs is 2. The third-order valence-corrected chi connectivity index (χ3v) is 14.8. The largest absolute Gasteiger partial charge is 0.453 e. The number of alkyl halides is 8. The van der Waals surface area contributed by atoms with Crippen LogP contribution in [0.2, 0.25) is 0 Å². The number of rotatable bonds is 20. The van der Waals surface area contributed by atoms with Crippen molar-refractivity contribution in [2.45, 2.75) is 121 Å². The highest BCUT2D eigenvalue weighted by Gasteiger charge is 2.58. The first-order chi connectivity index (χ1) is 38.5. The first kappa shape index (κ1) is 62.4. The van der Waals surface area contributed by atoms with Gasteiger partial charge in [0.15, 0.2) is 6.10 Å². The standard InChI is InChI=1S/C54H62F10N10O8/c1-51(2,53(59,60)61)45(68-50(79)80-6)47(76)70-73(25-37-38(55)20-33(21-39(37)56)40-17-18-72(69-40)27-43(57)58)26-42(75)41(67-48(77)46(82-49(78)65-5)52(3,4)54(62,63)64)19-31-10-7-30(8-11-31)9-12-32-13-16-44(66-22-32)71-23-34-14-15-35(24-71)74(34)36-28-81-29-36/h7-8,10-11,13,16-18,20-22,34-36,41-43,45-46,75H,14-15,19,23-29H2,1-6H3,(H,65,78)(H,67,77)(H,68,79)(H,70,76)/t34-,35-,41-,42-,45+,46+/m0/s1. The number of nitrogens with one attached hydrogen (secondary N) is 4. The highest BCUT2D eigenvalue weighted by atomic mass is 19.4. The van der Waals surface area contributed by atoms with Crippen LogP contribution >= 0.6 is 0 Å². The Labute approximate surface area is 465 Å². The molecule has 5 heterocycles. The van der Waals surface area contributed by atoms with Gasteiger partial charge in [-0.3, -0.25) is 24.6 Å². The van der Waals surface area contributed by atoms with Crippen molar-refractivity contribution in [3.8, 4) is 23.1 Å². The second-order valence-electron chi connectivity index (χ2n) is 21.3. The van der Waals surface area contributed by atoms with Crippen molar-refractivity contribution >= 4 is 29.8 Å². The van der Waals surface area contributed by atoms with Crippen LogP contribution in [0.25, 0.3) is 11.3 Å². The fraction of sp³-hybridized carbons (Fsp3) is 0.519. The Morgan fingerprint density at radius 2 is 1.44 bits per heavy atom. The van der Waals surface area contributed by atoms with E-state index in [9.17, 15) is 59.4 Å². The molecule has 3 aliphatic rings. The normalized spacial score (nSPS) is 18.4. The van der Waals surface area contributed by atoms with Crippen LogP contribution in [-0.2, 0) is 43.3 Å². The molecule has 3 saturated heterocycles. The molecule has 0 unspecified atom stereocenters. The van der Waals surface area contributed by atoms with Gasteiger partial charge in [-0.2, -0.15) is 31.4 Å². The molecule has 2 bridgehead atoms. The van der Waals surface area contributed by atoms with Gasteiger partial charge in [-0.25, -0.2) is 37.1 Å².